The Kier molecular flexibility index (Phi) is 8.16. The highest BCUT2D eigenvalue weighted by atomic mass is 127. The summed E-state index contributed by atoms with van der Waals surface area (Å²) in [6.45, 7) is 4.63. The van der Waals surface area contributed by atoms with Gasteiger partial charge >= 0.3 is 6.03 Å². The predicted molar refractivity (Wildman–Crippen MR) is 163 cm³/mol. The number of nitrogens with one attached hydrogen (secondary N) is 1. The van der Waals surface area contributed by atoms with Crippen molar-refractivity contribution in [1.29, 1.82) is 0 Å². The van der Waals surface area contributed by atoms with E-state index in [0.717, 1.165) is 36.8 Å². The van der Waals surface area contributed by atoms with E-state index in [1.165, 1.54) is 6.08 Å². The summed E-state index contributed by atoms with van der Waals surface area (Å²) in [5.74, 6) is -0.373. The zero-order chi connectivity index (χ0) is 28.2. The van der Waals surface area contributed by atoms with Crippen molar-refractivity contribution in [2.75, 3.05) is 11.5 Å². The number of imide groups is 2. The van der Waals surface area contributed by atoms with Gasteiger partial charge in [0, 0.05) is 0 Å². The highest BCUT2D eigenvalue weighted by Crippen LogP contribution is 2.36. The van der Waals surface area contributed by atoms with Crippen LogP contribution in [0.4, 0.5) is 10.5 Å². The first-order valence-corrected chi connectivity index (χ1v) is 14.0. The van der Waals surface area contributed by atoms with Gasteiger partial charge in [-0.1, -0.05) is 55.5 Å². The van der Waals surface area contributed by atoms with Gasteiger partial charge in [-0.2, -0.15) is 0 Å². The van der Waals surface area contributed by atoms with Crippen LogP contribution in [0.2, 0.25) is 0 Å². The molecule has 4 amide bonds. The second-order valence-corrected chi connectivity index (χ2v) is 10.4. The van der Waals surface area contributed by atoms with Crippen molar-refractivity contribution in [1.82, 2.24) is 5.32 Å². The number of benzene rings is 4. The van der Waals surface area contributed by atoms with E-state index in [9.17, 15) is 14.4 Å². The van der Waals surface area contributed by atoms with Crippen LogP contribution in [0, 0.1) is 3.57 Å². The van der Waals surface area contributed by atoms with Crippen LogP contribution < -0.4 is 19.7 Å². The maximum Gasteiger partial charge on any atom is 0.335 e. The Hall–Kier alpha value is -4.18. The van der Waals surface area contributed by atoms with Crippen molar-refractivity contribution in [3.63, 3.8) is 0 Å². The molecule has 4 aromatic carbocycles. The summed E-state index contributed by atoms with van der Waals surface area (Å²) in [5, 5.41) is 4.57. The molecule has 7 nitrogen and oxygen atoms in total. The number of nitrogens with zero attached hydrogens (tertiary/aromatic N) is 1. The topological polar surface area (TPSA) is 84.9 Å². The van der Waals surface area contributed by atoms with Gasteiger partial charge in [-0.15, -0.1) is 0 Å². The number of fused-ring (bicyclic) bond motifs is 1. The quantitative estimate of drug-likeness (QED) is 0.132. The maximum absolute atomic E-state index is 13.3. The molecule has 0 aromatic heterocycles. The van der Waals surface area contributed by atoms with E-state index in [0.29, 0.717) is 36.0 Å². The first-order chi connectivity index (χ1) is 19.4. The Morgan fingerprint density at radius 2 is 1.57 bits per heavy atom. The fourth-order valence-corrected chi connectivity index (χ4v) is 5.28. The lowest BCUT2D eigenvalue weighted by Gasteiger charge is -2.26. The van der Waals surface area contributed by atoms with Crippen molar-refractivity contribution in [2.45, 2.75) is 26.9 Å². The molecular formula is C32H27IN2O5. The SMILES string of the molecule is CCOc1cc(/C=C2/C(=O)NC(=O)N(c3ccc(CC)cc3)C2=O)cc(I)c1OCc1ccc2ccccc2c1. The number of aryl methyl sites for hydroxylation is 1. The Morgan fingerprint density at radius 1 is 0.850 bits per heavy atom. The van der Waals surface area contributed by atoms with Crippen molar-refractivity contribution >= 4 is 63.0 Å². The first kappa shape index (κ1) is 27.4. The minimum absolute atomic E-state index is 0.151. The number of carbonyl (C=O) groups excluding carboxylic acids is 3. The van der Waals surface area contributed by atoms with Gasteiger partial charge in [0.1, 0.15) is 12.2 Å². The number of urea groups is 1. The summed E-state index contributed by atoms with van der Waals surface area (Å²) in [6, 6.07) is 24.2. The summed E-state index contributed by atoms with van der Waals surface area (Å²) in [7, 11) is 0. The minimum atomic E-state index is -0.779. The molecule has 1 heterocycles. The lowest BCUT2D eigenvalue weighted by molar-refractivity contribution is -0.122. The Bertz CT molecular complexity index is 1650. The van der Waals surface area contributed by atoms with Crippen LogP contribution in [0.25, 0.3) is 16.8 Å². The number of hydrogen-bond donors (Lipinski definition) is 1. The smallest absolute Gasteiger partial charge is 0.335 e. The van der Waals surface area contributed by atoms with Gasteiger partial charge in [-0.05, 0) is 99.8 Å². The molecule has 0 radical (unpaired) electrons. The Labute approximate surface area is 245 Å². The number of barbiturate groups is 1. The van der Waals surface area contributed by atoms with Crippen LogP contribution in [0.1, 0.15) is 30.5 Å². The van der Waals surface area contributed by atoms with Crippen molar-refractivity contribution in [3.8, 4) is 11.5 Å². The number of hydrogen-bond acceptors (Lipinski definition) is 5. The zero-order valence-corrected chi connectivity index (χ0v) is 24.2. The molecule has 4 aromatic rings. The van der Waals surface area contributed by atoms with Crippen LogP contribution in [-0.4, -0.2) is 24.5 Å². The third-order valence-corrected chi connectivity index (χ3v) is 7.35. The molecule has 0 spiro atoms. The highest BCUT2D eigenvalue weighted by Gasteiger charge is 2.36. The number of rotatable bonds is 8. The lowest BCUT2D eigenvalue weighted by Crippen LogP contribution is -2.54. The summed E-state index contributed by atoms with van der Waals surface area (Å²) in [5.41, 5.74) is 2.90. The molecule has 0 unspecified atom stereocenters. The molecule has 1 fully saturated rings. The van der Waals surface area contributed by atoms with Crippen LogP contribution in [-0.2, 0) is 22.6 Å². The summed E-state index contributed by atoms with van der Waals surface area (Å²) >= 11 is 2.15. The fourth-order valence-electron chi connectivity index (χ4n) is 4.50. The van der Waals surface area contributed by atoms with Gasteiger partial charge < -0.3 is 9.47 Å². The molecule has 8 heteroatoms. The van der Waals surface area contributed by atoms with Gasteiger partial charge in [0.15, 0.2) is 11.5 Å². The lowest BCUT2D eigenvalue weighted by atomic mass is 10.1. The van der Waals surface area contributed by atoms with Crippen LogP contribution in [0.15, 0.2) is 84.4 Å². The molecule has 0 bridgehead atoms. The van der Waals surface area contributed by atoms with E-state index in [1.54, 1.807) is 18.2 Å². The third kappa shape index (κ3) is 5.72. The molecule has 5 rings (SSSR count). The standard InChI is InChI=1S/C32H27IN2O5/c1-3-20-10-13-25(14-11-20)35-31(37)26(30(36)34-32(35)38)16-22-17-27(33)29(28(18-22)39-4-2)40-19-21-9-12-23-7-5-6-8-24(23)15-21/h5-18H,3-4,19H2,1-2H3,(H,34,36,38)/b26-16-. The van der Waals surface area contributed by atoms with E-state index in [4.69, 9.17) is 9.47 Å². The minimum Gasteiger partial charge on any atom is -0.490 e. The maximum atomic E-state index is 13.3. The third-order valence-electron chi connectivity index (χ3n) is 6.54. The summed E-state index contributed by atoms with van der Waals surface area (Å²) in [4.78, 5) is 39.6. The molecule has 0 aliphatic carbocycles. The molecule has 1 aliphatic heterocycles. The molecule has 0 atom stereocenters. The second kappa shape index (κ2) is 11.9. The normalized spacial score (nSPS) is 14.5. The van der Waals surface area contributed by atoms with Crippen molar-refractivity contribution in [3.05, 3.63) is 105 Å². The molecule has 202 valence electrons. The average molecular weight is 646 g/mol. The van der Waals surface area contributed by atoms with Gasteiger partial charge in [-0.3, -0.25) is 14.9 Å². The fraction of sp³-hybridized carbons (Fsp3) is 0.156. The largest absolute Gasteiger partial charge is 0.490 e. The highest BCUT2D eigenvalue weighted by molar-refractivity contribution is 14.1. The van der Waals surface area contributed by atoms with Crippen LogP contribution in [0.3, 0.4) is 0 Å². The zero-order valence-electron chi connectivity index (χ0n) is 22.1. The van der Waals surface area contributed by atoms with E-state index in [1.807, 2.05) is 50.2 Å². The number of anilines is 1. The predicted octanol–water partition coefficient (Wildman–Crippen LogP) is 6.65. The van der Waals surface area contributed by atoms with Crippen LogP contribution in [0.5, 0.6) is 11.5 Å². The van der Waals surface area contributed by atoms with Crippen molar-refractivity contribution in [2.24, 2.45) is 0 Å². The number of halogens is 1. The van der Waals surface area contributed by atoms with Gasteiger partial charge in [-0.25, -0.2) is 9.69 Å². The number of ether oxygens (including phenoxy) is 2. The van der Waals surface area contributed by atoms with E-state index < -0.39 is 17.8 Å². The average Bonchev–Trinajstić information content (AvgIpc) is 2.95. The van der Waals surface area contributed by atoms with E-state index in [2.05, 4.69) is 52.2 Å². The van der Waals surface area contributed by atoms with Gasteiger partial charge in [0.05, 0.1) is 15.9 Å². The van der Waals surface area contributed by atoms with Gasteiger partial charge in [0.25, 0.3) is 11.8 Å². The first-order valence-electron chi connectivity index (χ1n) is 12.9. The molecule has 1 aliphatic rings. The Morgan fingerprint density at radius 3 is 2.30 bits per heavy atom. The monoisotopic (exact) mass is 646 g/mol. The Balaban J connectivity index is 1.43. The molecular weight excluding hydrogens is 619 g/mol. The van der Waals surface area contributed by atoms with Crippen molar-refractivity contribution < 1.29 is 23.9 Å². The molecule has 1 N–H and O–H groups in total. The second-order valence-electron chi connectivity index (χ2n) is 9.21. The molecule has 1 saturated heterocycles. The summed E-state index contributed by atoms with van der Waals surface area (Å²) < 4.78 is 12.8. The number of amides is 4. The van der Waals surface area contributed by atoms with E-state index in [-0.39, 0.29) is 5.57 Å². The molecule has 0 saturated carbocycles. The molecule has 40 heavy (non-hydrogen) atoms. The van der Waals surface area contributed by atoms with E-state index >= 15 is 0 Å². The van der Waals surface area contributed by atoms with Gasteiger partial charge in [0.2, 0.25) is 0 Å². The summed E-state index contributed by atoms with van der Waals surface area (Å²) in [6.07, 6.45) is 2.29. The van der Waals surface area contributed by atoms with Crippen LogP contribution >= 0.6 is 22.6 Å². The number of carbonyl (C=O) groups is 3.